The largest absolute Gasteiger partial charge is 0.393 e. The summed E-state index contributed by atoms with van der Waals surface area (Å²) in [6, 6.07) is -0.0881. The van der Waals surface area contributed by atoms with Crippen LogP contribution in [0.25, 0.3) is 0 Å². The number of hydrogen-bond acceptors (Lipinski definition) is 3. The molecule has 1 aliphatic rings. The molecule has 2 N–H and O–H groups in total. The summed E-state index contributed by atoms with van der Waals surface area (Å²) in [5, 5.41) is 0. The molecule has 1 rings (SSSR count). The minimum atomic E-state index is -0.0881. The zero-order valence-electron chi connectivity index (χ0n) is 13.1. The molecule has 0 spiro atoms. The second-order valence-electron chi connectivity index (χ2n) is 5.81. The summed E-state index contributed by atoms with van der Waals surface area (Å²) < 4.78 is 0. The molecule has 1 amide bonds. The average molecular weight is 299 g/mol. The number of amides is 1. The lowest BCUT2D eigenvalue weighted by Crippen LogP contribution is -2.49. The summed E-state index contributed by atoms with van der Waals surface area (Å²) >= 11 is 5.04. The second kappa shape index (κ2) is 8.57. The van der Waals surface area contributed by atoms with E-state index in [2.05, 4.69) is 11.8 Å². The maximum absolute atomic E-state index is 12.6. The van der Waals surface area contributed by atoms with Crippen LogP contribution >= 0.6 is 12.2 Å². The molecular weight excluding hydrogens is 270 g/mol. The molecule has 1 saturated heterocycles. The van der Waals surface area contributed by atoms with Crippen molar-refractivity contribution in [2.45, 2.75) is 52.5 Å². The van der Waals surface area contributed by atoms with Crippen LogP contribution in [0.15, 0.2) is 0 Å². The predicted octanol–water partition coefficient (Wildman–Crippen LogP) is 2.02. The fraction of sp³-hybridized carbons (Fsp3) is 0.867. The van der Waals surface area contributed by atoms with Crippen LogP contribution in [0.5, 0.6) is 0 Å². The first kappa shape index (κ1) is 17.4. The van der Waals surface area contributed by atoms with Crippen molar-refractivity contribution in [1.82, 2.24) is 9.80 Å². The summed E-state index contributed by atoms with van der Waals surface area (Å²) in [4.78, 5) is 17.4. The zero-order chi connectivity index (χ0) is 15.1. The number of nitrogens with two attached hydrogens (primary N) is 1. The molecule has 0 radical (unpaired) electrons. The number of rotatable bonds is 6. The Kier molecular flexibility index (Phi) is 7.45. The highest BCUT2D eigenvalue weighted by Crippen LogP contribution is 2.14. The predicted molar refractivity (Wildman–Crippen MR) is 87.7 cm³/mol. The molecular formula is C15H29N3OS. The first-order valence-corrected chi connectivity index (χ1v) is 8.20. The number of thiocarbonyl (C=S) groups is 1. The van der Waals surface area contributed by atoms with Crippen molar-refractivity contribution in [3.05, 3.63) is 0 Å². The van der Waals surface area contributed by atoms with E-state index in [9.17, 15) is 4.79 Å². The number of likely N-dealkylation sites (tertiary alicyclic amines) is 1. The minimum Gasteiger partial charge on any atom is -0.393 e. The van der Waals surface area contributed by atoms with Gasteiger partial charge in [-0.2, -0.15) is 0 Å². The molecule has 2 unspecified atom stereocenters. The van der Waals surface area contributed by atoms with Crippen molar-refractivity contribution < 1.29 is 4.79 Å². The zero-order valence-corrected chi connectivity index (χ0v) is 13.9. The standard InChI is InChI=1S/C15H29N3OS/c1-4-17(11-12(2)14(16)20)13(3)15(19)18-9-7-5-6-8-10-18/h12-13H,4-11H2,1-3H3,(H2,16,20). The summed E-state index contributed by atoms with van der Waals surface area (Å²) in [5.74, 6) is 0.397. The third-order valence-corrected chi connectivity index (χ3v) is 4.63. The lowest BCUT2D eigenvalue weighted by Gasteiger charge is -2.33. The topological polar surface area (TPSA) is 49.6 Å². The van der Waals surface area contributed by atoms with Gasteiger partial charge in [-0.05, 0) is 26.3 Å². The third kappa shape index (κ3) is 5.02. The van der Waals surface area contributed by atoms with Gasteiger partial charge in [-0.15, -0.1) is 0 Å². The first-order chi connectivity index (χ1) is 9.47. The number of likely N-dealkylation sites (N-methyl/N-ethyl adjacent to an activating group) is 1. The van der Waals surface area contributed by atoms with E-state index in [1.807, 2.05) is 18.7 Å². The molecule has 0 aromatic rings. The smallest absolute Gasteiger partial charge is 0.239 e. The Bertz CT molecular complexity index is 327. The molecule has 116 valence electrons. The number of nitrogens with zero attached hydrogens (tertiary/aromatic N) is 2. The van der Waals surface area contributed by atoms with E-state index in [0.717, 1.165) is 39.0 Å². The molecule has 0 aromatic heterocycles. The van der Waals surface area contributed by atoms with Crippen molar-refractivity contribution in [3.63, 3.8) is 0 Å². The molecule has 0 aliphatic carbocycles. The maximum Gasteiger partial charge on any atom is 0.239 e. The van der Waals surface area contributed by atoms with Crippen LogP contribution in [0.4, 0.5) is 0 Å². The van der Waals surface area contributed by atoms with Crippen molar-refractivity contribution in [2.75, 3.05) is 26.2 Å². The molecule has 0 saturated carbocycles. The summed E-state index contributed by atoms with van der Waals surface area (Å²) in [6.07, 6.45) is 4.75. The van der Waals surface area contributed by atoms with Gasteiger partial charge in [0.1, 0.15) is 0 Å². The van der Waals surface area contributed by atoms with Crippen LogP contribution in [-0.4, -0.2) is 52.9 Å². The highest BCUT2D eigenvalue weighted by molar-refractivity contribution is 7.80. The van der Waals surface area contributed by atoms with Gasteiger partial charge in [0.15, 0.2) is 0 Å². The van der Waals surface area contributed by atoms with E-state index < -0.39 is 0 Å². The Morgan fingerprint density at radius 3 is 2.25 bits per heavy atom. The highest BCUT2D eigenvalue weighted by atomic mass is 32.1. The van der Waals surface area contributed by atoms with Gasteiger partial charge < -0.3 is 10.6 Å². The van der Waals surface area contributed by atoms with Crippen LogP contribution < -0.4 is 5.73 Å². The summed E-state index contributed by atoms with van der Waals surface area (Å²) in [5.41, 5.74) is 5.69. The Balaban J connectivity index is 2.61. The van der Waals surface area contributed by atoms with E-state index >= 15 is 0 Å². The highest BCUT2D eigenvalue weighted by Gasteiger charge is 2.26. The summed E-state index contributed by atoms with van der Waals surface area (Å²) in [7, 11) is 0. The van der Waals surface area contributed by atoms with E-state index in [1.54, 1.807) is 0 Å². The van der Waals surface area contributed by atoms with Crippen LogP contribution in [0.1, 0.15) is 46.5 Å². The maximum atomic E-state index is 12.6. The van der Waals surface area contributed by atoms with Gasteiger partial charge in [-0.1, -0.05) is 38.9 Å². The van der Waals surface area contributed by atoms with Gasteiger partial charge in [0.2, 0.25) is 5.91 Å². The van der Waals surface area contributed by atoms with E-state index in [4.69, 9.17) is 18.0 Å². The minimum absolute atomic E-state index is 0.0881. The van der Waals surface area contributed by atoms with E-state index in [0.29, 0.717) is 4.99 Å². The quantitative estimate of drug-likeness (QED) is 0.762. The van der Waals surface area contributed by atoms with Crippen LogP contribution in [0.3, 0.4) is 0 Å². The van der Waals surface area contributed by atoms with E-state index in [1.165, 1.54) is 12.8 Å². The van der Waals surface area contributed by atoms with Gasteiger partial charge in [0, 0.05) is 25.6 Å². The van der Waals surface area contributed by atoms with Gasteiger partial charge in [-0.3, -0.25) is 9.69 Å². The van der Waals surface area contributed by atoms with Crippen LogP contribution in [0, 0.1) is 5.92 Å². The number of carbonyl (C=O) groups is 1. The molecule has 0 aromatic carbocycles. The fourth-order valence-electron chi connectivity index (χ4n) is 2.71. The van der Waals surface area contributed by atoms with Gasteiger partial charge >= 0.3 is 0 Å². The Labute approximate surface area is 128 Å². The average Bonchev–Trinajstić information content (AvgIpc) is 2.71. The van der Waals surface area contributed by atoms with Crippen molar-refractivity contribution in [3.8, 4) is 0 Å². The molecule has 1 fully saturated rings. The monoisotopic (exact) mass is 299 g/mol. The van der Waals surface area contributed by atoms with Gasteiger partial charge in [-0.25, -0.2) is 0 Å². The van der Waals surface area contributed by atoms with Crippen LogP contribution in [0.2, 0.25) is 0 Å². The lowest BCUT2D eigenvalue weighted by molar-refractivity contribution is -0.136. The molecule has 4 nitrogen and oxygen atoms in total. The fourth-order valence-corrected chi connectivity index (χ4v) is 2.79. The van der Waals surface area contributed by atoms with Crippen LogP contribution in [-0.2, 0) is 4.79 Å². The lowest BCUT2D eigenvalue weighted by atomic mass is 10.1. The molecule has 2 atom stereocenters. The molecule has 20 heavy (non-hydrogen) atoms. The Morgan fingerprint density at radius 1 is 1.25 bits per heavy atom. The van der Waals surface area contributed by atoms with Crippen molar-refractivity contribution >= 4 is 23.1 Å². The van der Waals surface area contributed by atoms with Crippen molar-refractivity contribution in [2.24, 2.45) is 11.7 Å². The Hall–Kier alpha value is -0.680. The molecule has 5 heteroatoms. The SMILES string of the molecule is CCN(CC(C)C(N)=S)C(C)C(=O)N1CCCCCC1. The van der Waals surface area contributed by atoms with Gasteiger partial charge in [0.25, 0.3) is 0 Å². The van der Waals surface area contributed by atoms with E-state index in [-0.39, 0.29) is 17.9 Å². The number of hydrogen-bond donors (Lipinski definition) is 1. The normalized spacial score (nSPS) is 19.5. The molecule has 1 heterocycles. The third-order valence-electron chi connectivity index (χ3n) is 4.22. The number of carbonyl (C=O) groups excluding carboxylic acids is 1. The first-order valence-electron chi connectivity index (χ1n) is 7.79. The Morgan fingerprint density at radius 2 is 1.80 bits per heavy atom. The van der Waals surface area contributed by atoms with Crippen molar-refractivity contribution in [1.29, 1.82) is 0 Å². The second-order valence-corrected chi connectivity index (χ2v) is 6.28. The molecule has 0 bridgehead atoms. The van der Waals surface area contributed by atoms with Gasteiger partial charge in [0.05, 0.1) is 11.0 Å². The molecule has 1 aliphatic heterocycles. The summed E-state index contributed by atoms with van der Waals surface area (Å²) in [6.45, 7) is 9.52.